The van der Waals surface area contributed by atoms with Crippen LogP contribution in [0.1, 0.15) is 17.8 Å². The highest BCUT2D eigenvalue weighted by atomic mass is 16.1. The van der Waals surface area contributed by atoms with Gasteiger partial charge in [-0.15, -0.1) is 0 Å². The zero-order valence-corrected chi connectivity index (χ0v) is 11.1. The van der Waals surface area contributed by atoms with Crippen LogP contribution in [0.5, 0.6) is 0 Å². The molecule has 0 aliphatic rings. The molecule has 0 saturated heterocycles. The molecule has 1 heterocycles. The van der Waals surface area contributed by atoms with Gasteiger partial charge in [-0.2, -0.15) is 5.26 Å². The van der Waals surface area contributed by atoms with E-state index in [4.69, 9.17) is 11.0 Å². The number of aromatic nitrogens is 2. The molecule has 3 N–H and O–H groups in total. The monoisotopic (exact) mass is 269 g/mol. The van der Waals surface area contributed by atoms with Gasteiger partial charge >= 0.3 is 0 Å². The maximum atomic E-state index is 11.9. The molecule has 0 radical (unpaired) electrons. The van der Waals surface area contributed by atoms with Crippen LogP contribution in [-0.4, -0.2) is 15.5 Å². The third-order valence-electron chi connectivity index (χ3n) is 3.05. The third-order valence-corrected chi connectivity index (χ3v) is 3.05. The van der Waals surface area contributed by atoms with Gasteiger partial charge in [0.1, 0.15) is 6.07 Å². The largest absolute Gasteiger partial charge is 0.398 e. The van der Waals surface area contributed by atoms with Crippen molar-refractivity contribution in [2.45, 2.75) is 19.9 Å². The topological polar surface area (TPSA) is 96.7 Å². The molecule has 1 aromatic carbocycles. The van der Waals surface area contributed by atoms with Crippen LogP contribution in [0.15, 0.2) is 30.6 Å². The lowest BCUT2D eigenvalue weighted by atomic mass is 10.1. The van der Waals surface area contributed by atoms with Gasteiger partial charge in [0.15, 0.2) is 0 Å². The predicted molar refractivity (Wildman–Crippen MR) is 75.8 cm³/mol. The number of nitrogens with two attached hydrogens (primary N) is 1. The van der Waals surface area contributed by atoms with Crippen molar-refractivity contribution in [2.24, 2.45) is 0 Å². The molecule has 0 aliphatic heterocycles. The molecule has 102 valence electrons. The Morgan fingerprint density at radius 2 is 2.35 bits per heavy atom. The summed E-state index contributed by atoms with van der Waals surface area (Å²) in [7, 11) is 0. The summed E-state index contributed by atoms with van der Waals surface area (Å²) in [6.45, 7) is 2.27. The number of hydrogen-bond donors (Lipinski definition) is 2. The lowest BCUT2D eigenvalue weighted by Crippen LogP contribution is -2.15. The zero-order valence-electron chi connectivity index (χ0n) is 11.1. The van der Waals surface area contributed by atoms with Crippen molar-refractivity contribution in [3.8, 4) is 6.07 Å². The average Bonchev–Trinajstić information content (AvgIpc) is 2.89. The van der Waals surface area contributed by atoms with Crippen LogP contribution in [0.25, 0.3) is 0 Å². The summed E-state index contributed by atoms with van der Waals surface area (Å²) in [5.74, 6) is 0.175. The van der Waals surface area contributed by atoms with Gasteiger partial charge in [-0.25, -0.2) is 4.98 Å². The summed E-state index contributed by atoms with van der Waals surface area (Å²) in [5.41, 5.74) is 7.99. The smallest absolute Gasteiger partial charge is 0.226 e. The number of nitrogens with zero attached hydrogens (tertiary/aromatic N) is 3. The Bertz CT molecular complexity index is 668. The van der Waals surface area contributed by atoms with Crippen LogP contribution in [0.4, 0.5) is 11.4 Å². The van der Waals surface area contributed by atoms with Crippen molar-refractivity contribution in [1.29, 1.82) is 5.26 Å². The zero-order chi connectivity index (χ0) is 14.5. The number of carbonyl (C=O) groups is 1. The molecule has 0 unspecified atom stereocenters. The Kier molecular flexibility index (Phi) is 4.01. The van der Waals surface area contributed by atoms with E-state index in [1.54, 1.807) is 29.1 Å². The highest BCUT2D eigenvalue weighted by molar-refractivity contribution is 5.92. The number of nitriles is 1. The summed E-state index contributed by atoms with van der Waals surface area (Å²) >= 11 is 0. The fraction of sp³-hybridized carbons (Fsp3) is 0.214. The second kappa shape index (κ2) is 5.89. The van der Waals surface area contributed by atoms with Crippen molar-refractivity contribution in [3.63, 3.8) is 0 Å². The van der Waals surface area contributed by atoms with E-state index in [2.05, 4.69) is 10.3 Å². The molecule has 1 amide bonds. The Morgan fingerprint density at radius 1 is 1.55 bits per heavy atom. The van der Waals surface area contributed by atoms with Crippen LogP contribution in [0, 0.1) is 18.3 Å². The lowest BCUT2D eigenvalue weighted by molar-refractivity contribution is -0.116. The number of nitrogen functional groups attached to an aromatic ring is 1. The minimum Gasteiger partial charge on any atom is -0.398 e. The van der Waals surface area contributed by atoms with Gasteiger partial charge in [-0.1, -0.05) is 6.07 Å². The molecule has 0 spiro atoms. The molecular formula is C14H15N5O. The number of carbonyl (C=O) groups excluding carboxylic acids is 1. The Hall–Kier alpha value is -2.81. The number of hydrogen-bond acceptors (Lipinski definition) is 4. The first-order chi connectivity index (χ1) is 9.61. The van der Waals surface area contributed by atoms with Gasteiger partial charge < -0.3 is 15.6 Å². The molecular weight excluding hydrogens is 254 g/mol. The Morgan fingerprint density at radius 3 is 3.10 bits per heavy atom. The molecule has 0 atom stereocenters. The normalized spacial score (nSPS) is 10.0. The van der Waals surface area contributed by atoms with Gasteiger partial charge in [-0.3, -0.25) is 4.79 Å². The molecule has 0 fully saturated rings. The summed E-state index contributed by atoms with van der Waals surface area (Å²) in [6.07, 6.45) is 3.48. The van der Waals surface area contributed by atoms with Crippen molar-refractivity contribution in [1.82, 2.24) is 9.55 Å². The van der Waals surface area contributed by atoms with E-state index >= 15 is 0 Å². The van der Waals surface area contributed by atoms with Gasteiger partial charge in [0.25, 0.3) is 0 Å². The minimum absolute atomic E-state index is 0.128. The van der Waals surface area contributed by atoms with Crippen molar-refractivity contribution >= 4 is 17.3 Å². The van der Waals surface area contributed by atoms with Gasteiger partial charge in [-0.05, 0) is 24.6 Å². The Balaban J connectivity index is 1.97. The first-order valence-corrected chi connectivity index (χ1v) is 6.18. The van der Waals surface area contributed by atoms with E-state index in [0.29, 0.717) is 23.7 Å². The molecule has 0 aliphatic carbocycles. The van der Waals surface area contributed by atoms with E-state index in [-0.39, 0.29) is 12.3 Å². The van der Waals surface area contributed by atoms with E-state index in [1.807, 2.05) is 19.1 Å². The molecule has 0 saturated carbocycles. The number of imidazole rings is 1. The van der Waals surface area contributed by atoms with E-state index in [0.717, 1.165) is 5.56 Å². The molecule has 20 heavy (non-hydrogen) atoms. The van der Waals surface area contributed by atoms with E-state index in [1.165, 1.54) is 0 Å². The fourth-order valence-electron chi connectivity index (χ4n) is 1.83. The molecule has 2 aromatic rings. The van der Waals surface area contributed by atoms with Crippen LogP contribution in [0.2, 0.25) is 0 Å². The van der Waals surface area contributed by atoms with Gasteiger partial charge in [0.05, 0.1) is 0 Å². The van der Waals surface area contributed by atoms with Crippen LogP contribution in [0.3, 0.4) is 0 Å². The van der Waals surface area contributed by atoms with Gasteiger partial charge in [0.2, 0.25) is 11.7 Å². The predicted octanol–water partition coefficient (Wildman–Crippen LogP) is 1.67. The Labute approximate surface area is 116 Å². The van der Waals surface area contributed by atoms with Crippen LogP contribution in [-0.2, 0) is 11.3 Å². The fourth-order valence-corrected chi connectivity index (χ4v) is 1.83. The number of nitrogens with one attached hydrogen (secondary N) is 1. The summed E-state index contributed by atoms with van der Waals surface area (Å²) < 4.78 is 1.64. The van der Waals surface area contributed by atoms with Crippen LogP contribution >= 0.6 is 0 Å². The lowest BCUT2D eigenvalue weighted by Gasteiger charge is -2.10. The second-order valence-corrected chi connectivity index (χ2v) is 4.37. The molecule has 6 heteroatoms. The number of anilines is 2. The second-order valence-electron chi connectivity index (χ2n) is 4.37. The number of benzene rings is 1. The number of amides is 1. The quantitative estimate of drug-likeness (QED) is 0.825. The molecule has 0 bridgehead atoms. The molecule has 6 nitrogen and oxygen atoms in total. The maximum Gasteiger partial charge on any atom is 0.226 e. The highest BCUT2D eigenvalue weighted by Gasteiger charge is 2.08. The van der Waals surface area contributed by atoms with Crippen molar-refractivity contribution in [2.75, 3.05) is 11.1 Å². The summed E-state index contributed by atoms with van der Waals surface area (Å²) in [6, 6.07) is 7.36. The van der Waals surface area contributed by atoms with E-state index in [9.17, 15) is 4.79 Å². The van der Waals surface area contributed by atoms with Crippen molar-refractivity contribution < 1.29 is 4.79 Å². The first-order valence-electron chi connectivity index (χ1n) is 6.18. The van der Waals surface area contributed by atoms with Gasteiger partial charge in [0, 0.05) is 36.7 Å². The third kappa shape index (κ3) is 2.95. The first kappa shape index (κ1) is 13.6. The standard InChI is InChI=1S/C14H15N5O/c1-10-11(16)3-2-4-12(10)18-14(20)5-7-19-8-6-17-13(19)9-15/h2-4,6,8H,5,7,16H2,1H3,(H,18,20). The minimum atomic E-state index is -0.128. The van der Waals surface area contributed by atoms with Crippen molar-refractivity contribution in [3.05, 3.63) is 42.0 Å². The highest BCUT2D eigenvalue weighted by Crippen LogP contribution is 2.20. The number of aryl methyl sites for hydroxylation is 1. The maximum absolute atomic E-state index is 11.9. The SMILES string of the molecule is Cc1c(N)cccc1NC(=O)CCn1ccnc1C#N. The van der Waals surface area contributed by atoms with E-state index < -0.39 is 0 Å². The average molecular weight is 269 g/mol. The molecule has 1 aromatic heterocycles. The summed E-state index contributed by atoms with van der Waals surface area (Å²) in [5, 5.41) is 11.6. The van der Waals surface area contributed by atoms with Crippen LogP contribution < -0.4 is 11.1 Å². The summed E-state index contributed by atoms with van der Waals surface area (Å²) in [4.78, 5) is 15.8. The molecule has 2 rings (SSSR count). The number of rotatable bonds is 4.